The maximum absolute atomic E-state index is 12.7. The summed E-state index contributed by atoms with van der Waals surface area (Å²) in [6, 6.07) is 5.26. The molecule has 2 bridgehead atoms. The van der Waals surface area contributed by atoms with E-state index >= 15 is 0 Å². The van der Waals surface area contributed by atoms with Crippen LogP contribution in [0.3, 0.4) is 0 Å². The van der Waals surface area contributed by atoms with Gasteiger partial charge in [-0.25, -0.2) is 4.90 Å². The number of fused-ring (bicyclic) bond motifs is 5. The van der Waals surface area contributed by atoms with Crippen LogP contribution in [0.2, 0.25) is 5.02 Å². The molecule has 1 aromatic carbocycles. The van der Waals surface area contributed by atoms with Crippen LogP contribution >= 0.6 is 34.2 Å². The van der Waals surface area contributed by atoms with Gasteiger partial charge in [0.05, 0.1) is 17.5 Å². The quantitative estimate of drug-likeness (QED) is 0.413. The summed E-state index contributed by atoms with van der Waals surface area (Å²) in [5.74, 6) is 0.106. The van der Waals surface area contributed by atoms with Crippen molar-refractivity contribution in [1.29, 1.82) is 0 Å². The van der Waals surface area contributed by atoms with E-state index in [1.807, 2.05) is 0 Å². The molecule has 1 aromatic rings. The van der Waals surface area contributed by atoms with E-state index in [1.54, 1.807) is 18.2 Å². The van der Waals surface area contributed by atoms with E-state index in [2.05, 4.69) is 34.7 Å². The van der Waals surface area contributed by atoms with E-state index in [-0.39, 0.29) is 35.5 Å². The lowest BCUT2D eigenvalue weighted by molar-refractivity contribution is -0.123. The Bertz CT molecular complexity index is 642. The number of carbonyl (C=O) groups is 2. The van der Waals surface area contributed by atoms with Gasteiger partial charge in [-0.3, -0.25) is 9.59 Å². The van der Waals surface area contributed by atoms with Crippen LogP contribution < -0.4 is 4.90 Å². The highest BCUT2D eigenvalue weighted by Crippen LogP contribution is 2.53. The average molecular weight is 400 g/mol. The van der Waals surface area contributed by atoms with Crippen LogP contribution in [0.4, 0.5) is 5.69 Å². The standard InChI is InChI=1S/C15H11ClINO2/c16-9-3-4-11(10(17)6-9)18-14(19)12-7-1-2-8(5-7)13(12)15(18)20/h1-4,6-8,12-13H,5H2. The van der Waals surface area contributed by atoms with Crippen LogP contribution in [0.15, 0.2) is 30.4 Å². The first-order chi connectivity index (χ1) is 9.58. The molecule has 1 saturated heterocycles. The molecule has 0 radical (unpaired) electrons. The fraction of sp³-hybridized carbons (Fsp3) is 0.333. The Morgan fingerprint density at radius 2 is 1.70 bits per heavy atom. The van der Waals surface area contributed by atoms with Crippen molar-refractivity contribution < 1.29 is 9.59 Å². The Balaban J connectivity index is 1.78. The van der Waals surface area contributed by atoms with Crippen LogP contribution in [-0.4, -0.2) is 11.8 Å². The summed E-state index contributed by atoms with van der Waals surface area (Å²) in [4.78, 5) is 26.7. The SMILES string of the molecule is O=C1C2C3C=CC(C3)C2C(=O)N1c1ccc(Cl)cc1I. The number of nitrogens with zero attached hydrogens (tertiary/aromatic N) is 1. The van der Waals surface area contributed by atoms with Crippen LogP contribution in [0.5, 0.6) is 0 Å². The summed E-state index contributed by atoms with van der Waals surface area (Å²) in [7, 11) is 0. The van der Waals surface area contributed by atoms with Gasteiger partial charge >= 0.3 is 0 Å². The molecule has 1 aliphatic heterocycles. The molecule has 20 heavy (non-hydrogen) atoms. The zero-order valence-electron chi connectivity index (χ0n) is 10.4. The molecular weight excluding hydrogens is 389 g/mol. The Labute approximate surface area is 135 Å². The van der Waals surface area contributed by atoms with Gasteiger partial charge in [0, 0.05) is 8.59 Å². The number of amides is 2. The van der Waals surface area contributed by atoms with Gasteiger partial charge in [0.1, 0.15) is 0 Å². The van der Waals surface area contributed by atoms with Crippen molar-refractivity contribution in [2.45, 2.75) is 6.42 Å². The summed E-state index contributed by atoms with van der Waals surface area (Å²) in [6.07, 6.45) is 5.17. The molecule has 102 valence electrons. The minimum absolute atomic E-state index is 0.0444. The van der Waals surface area contributed by atoms with Gasteiger partial charge in [-0.05, 0) is 59.0 Å². The molecule has 0 aromatic heterocycles. The minimum Gasteiger partial charge on any atom is -0.274 e. The Morgan fingerprint density at radius 3 is 2.25 bits per heavy atom. The summed E-state index contributed by atoms with van der Waals surface area (Å²) < 4.78 is 0.831. The molecule has 3 aliphatic rings. The molecule has 1 heterocycles. The van der Waals surface area contributed by atoms with Crippen LogP contribution in [0.1, 0.15) is 6.42 Å². The first-order valence-electron chi connectivity index (χ1n) is 6.59. The van der Waals surface area contributed by atoms with Gasteiger partial charge in [-0.1, -0.05) is 23.8 Å². The molecule has 2 fully saturated rings. The van der Waals surface area contributed by atoms with Crippen molar-refractivity contribution in [3.05, 3.63) is 38.9 Å². The van der Waals surface area contributed by atoms with Gasteiger partial charge in [-0.2, -0.15) is 0 Å². The van der Waals surface area contributed by atoms with Crippen molar-refractivity contribution in [3.8, 4) is 0 Å². The van der Waals surface area contributed by atoms with Gasteiger partial charge in [0.2, 0.25) is 11.8 Å². The number of carbonyl (C=O) groups excluding carboxylic acids is 2. The van der Waals surface area contributed by atoms with Crippen molar-refractivity contribution in [2.75, 3.05) is 4.90 Å². The predicted molar refractivity (Wildman–Crippen MR) is 84.4 cm³/mol. The maximum Gasteiger partial charge on any atom is 0.238 e. The van der Waals surface area contributed by atoms with E-state index in [9.17, 15) is 9.59 Å². The van der Waals surface area contributed by atoms with E-state index in [0.29, 0.717) is 10.7 Å². The van der Waals surface area contributed by atoms with Gasteiger partial charge in [0.15, 0.2) is 0 Å². The first kappa shape index (κ1) is 12.8. The number of hydrogen-bond acceptors (Lipinski definition) is 2. The van der Waals surface area contributed by atoms with Crippen molar-refractivity contribution in [1.82, 2.24) is 0 Å². The summed E-state index contributed by atoms with van der Waals surface area (Å²) in [5, 5.41) is 0.610. The summed E-state index contributed by atoms with van der Waals surface area (Å²) in [6.45, 7) is 0. The monoisotopic (exact) mass is 399 g/mol. The number of rotatable bonds is 1. The second-order valence-corrected chi connectivity index (χ2v) is 7.21. The molecule has 4 rings (SSSR count). The number of hydrogen-bond donors (Lipinski definition) is 0. The van der Waals surface area contributed by atoms with Crippen molar-refractivity contribution in [3.63, 3.8) is 0 Å². The van der Waals surface area contributed by atoms with Crippen molar-refractivity contribution >= 4 is 51.7 Å². The van der Waals surface area contributed by atoms with Crippen LogP contribution in [0.25, 0.3) is 0 Å². The largest absolute Gasteiger partial charge is 0.274 e. The number of halogens is 2. The van der Waals surface area contributed by atoms with Crippen LogP contribution in [0, 0.1) is 27.2 Å². The molecule has 4 unspecified atom stereocenters. The van der Waals surface area contributed by atoms with Gasteiger partial charge in [-0.15, -0.1) is 0 Å². The number of imide groups is 1. The third-order valence-corrected chi connectivity index (χ3v) is 5.72. The minimum atomic E-state index is -0.149. The molecule has 2 aliphatic carbocycles. The highest BCUT2D eigenvalue weighted by molar-refractivity contribution is 14.1. The number of benzene rings is 1. The fourth-order valence-corrected chi connectivity index (χ4v) is 4.92. The molecule has 0 N–H and O–H groups in total. The lowest BCUT2D eigenvalue weighted by atomic mass is 9.85. The third kappa shape index (κ3) is 1.58. The first-order valence-corrected chi connectivity index (χ1v) is 8.05. The van der Waals surface area contributed by atoms with Crippen molar-refractivity contribution in [2.24, 2.45) is 23.7 Å². The van der Waals surface area contributed by atoms with E-state index in [1.165, 1.54) is 4.90 Å². The molecular formula is C15H11ClINO2. The number of anilines is 1. The average Bonchev–Trinajstić information content (AvgIpc) is 3.06. The van der Waals surface area contributed by atoms with E-state index in [4.69, 9.17) is 11.6 Å². The third-order valence-electron chi connectivity index (χ3n) is 4.62. The molecule has 5 heteroatoms. The zero-order valence-corrected chi connectivity index (χ0v) is 13.3. The van der Waals surface area contributed by atoms with Gasteiger partial charge < -0.3 is 0 Å². The Morgan fingerprint density at radius 1 is 1.10 bits per heavy atom. The molecule has 0 spiro atoms. The topological polar surface area (TPSA) is 37.4 Å². The lowest BCUT2D eigenvalue weighted by Crippen LogP contribution is -2.33. The zero-order chi connectivity index (χ0) is 14.0. The summed E-state index contributed by atoms with van der Waals surface area (Å²) in [5.41, 5.74) is 0.666. The highest BCUT2D eigenvalue weighted by atomic mass is 127. The summed E-state index contributed by atoms with van der Waals surface area (Å²) >= 11 is 8.07. The second-order valence-electron chi connectivity index (χ2n) is 5.61. The fourth-order valence-electron chi connectivity index (χ4n) is 3.80. The molecule has 1 saturated carbocycles. The number of allylic oxidation sites excluding steroid dienone is 2. The van der Waals surface area contributed by atoms with Crippen LogP contribution in [-0.2, 0) is 9.59 Å². The van der Waals surface area contributed by atoms with E-state index in [0.717, 1.165) is 9.99 Å². The molecule has 4 atom stereocenters. The second kappa shape index (κ2) is 4.31. The predicted octanol–water partition coefficient (Wildman–Crippen LogP) is 3.26. The van der Waals surface area contributed by atoms with Gasteiger partial charge in [0.25, 0.3) is 0 Å². The highest BCUT2D eigenvalue weighted by Gasteiger charge is 2.59. The lowest BCUT2D eigenvalue weighted by Gasteiger charge is -2.18. The smallest absolute Gasteiger partial charge is 0.238 e. The maximum atomic E-state index is 12.7. The molecule has 3 nitrogen and oxygen atoms in total. The molecule has 2 amide bonds. The Hall–Kier alpha value is -0.880. The Kier molecular flexibility index (Phi) is 2.76. The normalized spacial score (nSPS) is 34.2. The van der Waals surface area contributed by atoms with E-state index < -0.39 is 0 Å².